The normalized spacial score (nSPS) is 18.0. The summed E-state index contributed by atoms with van der Waals surface area (Å²) in [5.41, 5.74) is 2.18. The highest BCUT2D eigenvalue weighted by atomic mass is 16.5. The maximum absolute atomic E-state index is 14.0. The molecule has 2 fully saturated rings. The van der Waals surface area contributed by atoms with Crippen LogP contribution in [0.5, 0.6) is 23.0 Å². The Hall–Kier alpha value is -5.62. The minimum Gasteiger partial charge on any atom is -0.494 e. The molecule has 382 valence electrons. The zero-order valence-corrected chi connectivity index (χ0v) is 43.7. The summed E-state index contributed by atoms with van der Waals surface area (Å²) in [6.45, 7) is 5.90. The Kier molecular flexibility index (Phi) is 20.5. The van der Waals surface area contributed by atoms with Gasteiger partial charge in [0.1, 0.15) is 23.0 Å². The highest BCUT2D eigenvalue weighted by Crippen LogP contribution is 2.46. The van der Waals surface area contributed by atoms with Gasteiger partial charge in [0.2, 0.25) is 0 Å². The molecule has 2 saturated carbocycles. The molecule has 2 aliphatic rings. The second kappa shape index (κ2) is 28.0. The molecule has 6 aromatic carbocycles. The van der Waals surface area contributed by atoms with Crippen LogP contribution < -0.4 is 18.9 Å². The number of ether oxygens (including phenoxy) is 4. The van der Waals surface area contributed by atoms with Gasteiger partial charge < -0.3 is 18.9 Å². The molecule has 0 bridgehead atoms. The van der Waals surface area contributed by atoms with E-state index in [0.29, 0.717) is 47.0 Å². The van der Waals surface area contributed by atoms with Crippen molar-refractivity contribution in [1.29, 1.82) is 0 Å². The van der Waals surface area contributed by atoms with E-state index in [-0.39, 0.29) is 0 Å². The Morgan fingerprint density at radius 2 is 0.736 bits per heavy atom. The lowest BCUT2D eigenvalue weighted by molar-refractivity contribution is 0.0723. The summed E-state index contributed by atoms with van der Waals surface area (Å²) in [4.78, 5) is 28.0. The first-order valence-electron chi connectivity index (χ1n) is 28.4. The molecule has 8 rings (SSSR count). The number of fused-ring (bicyclic) bond motifs is 2. The molecule has 0 radical (unpaired) electrons. The number of carbonyl (C=O) groups excluding carboxylic acids is 2. The van der Waals surface area contributed by atoms with Crippen LogP contribution in [-0.2, 0) is 0 Å². The van der Waals surface area contributed by atoms with Crippen molar-refractivity contribution in [3.05, 3.63) is 132 Å². The van der Waals surface area contributed by atoms with Gasteiger partial charge in [0.15, 0.2) is 0 Å². The molecule has 6 nitrogen and oxygen atoms in total. The van der Waals surface area contributed by atoms with Crippen molar-refractivity contribution < 1.29 is 28.5 Å². The molecule has 0 spiro atoms. The van der Waals surface area contributed by atoms with Crippen LogP contribution in [0.1, 0.15) is 189 Å². The standard InChI is InChI=1S/C66H82O6/c1-3-5-7-9-11-19-49-27-31-51(32-28-49)21-17-47-69-57-41-35-55(36-42-57)65(67)71-61-45-39-53-23-13-15-25-59(53)63(61)64-60-26-16-14-24-54(60)40-46-62(64)72-66(68)56-37-43-58(44-38-56)70-48-18-22-52-33-29-50(30-34-52)20-12-10-8-6-4-2/h13-16,23-26,35-46,49-52H,3-12,17-22,27-34,47-48H2,1-2H3. The van der Waals surface area contributed by atoms with Gasteiger partial charge in [-0.2, -0.15) is 0 Å². The fourth-order valence-corrected chi connectivity index (χ4v) is 11.7. The van der Waals surface area contributed by atoms with Crippen molar-refractivity contribution in [2.24, 2.45) is 23.7 Å². The van der Waals surface area contributed by atoms with E-state index in [0.717, 1.165) is 69.6 Å². The molecule has 2 aliphatic carbocycles. The van der Waals surface area contributed by atoms with Gasteiger partial charge in [-0.25, -0.2) is 9.59 Å². The summed E-state index contributed by atoms with van der Waals surface area (Å²) < 4.78 is 25.0. The molecule has 0 atom stereocenters. The van der Waals surface area contributed by atoms with E-state index in [1.165, 1.54) is 141 Å². The summed E-state index contributed by atoms with van der Waals surface area (Å²) in [6.07, 6.45) is 32.1. The van der Waals surface area contributed by atoms with Crippen LogP contribution in [0.4, 0.5) is 0 Å². The highest BCUT2D eigenvalue weighted by molar-refractivity contribution is 6.11. The second-order valence-corrected chi connectivity index (χ2v) is 21.3. The number of unbranched alkanes of at least 4 members (excludes halogenated alkanes) is 8. The molecule has 6 heteroatoms. The summed E-state index contributed by atoms with van der Waals surface area (Å²) in [5, 5.41) is 3.67. The molecular weight excluding hydrogens is 889 g/mol. The van der Waals surface area contributed by atoms with Gasteiger partial charge in [0, 0.05) is 11.1 Å². The van der Waals surface area contributed by atoms with E-state index in [1.807, 2.05) is 97.1 Å². The van der Waals surface area contributed by atoms with Crippen LogP contribution in [0.2, 0.25) is 0 Å². The number of esters is 2. The van der Waals surface area contributed by atoms with E-state index in [1.54, 1.807) is 24.3 Å². The minimum atomic E-state index is -0.485. The number of hydrogen-bond donors (Lipinski definition) is 0. The average molecular weight is 971 g/mol. The maximum Gasteiger partial charge on any atom is 0.343 e. The maximum atomic E-state index is 14.0. The van der Waals surface area contributed by atoms with Crippen LogP contribution in [-0.4, -0.2) is 25.2 Å². The first-order chi connectivity index (χ1) is 35.4. The van der Waals surface area contributed by atoms with E-state index in [2.05, 4.69) is 13.8 Å². The topological polar surface area (TPSA) is 71.1 Å². The van der Waals surface area contributed by atoms with Crippen molar-refractivity contribution >= 4 is 33.5 Å². The Bertz CT molecular complexity index is 2400. The molecule has 0 amide bonds. The lowest BCUT2D eigenvalue weighted by Crippen LogP contribution is -2.15. The first kappa shape index (κ1) is 52.7. The van der Waals surface area contributed by atoms with Gasteiger partial charge in [-0.15, -0.1) is 0 Å². The van der Waals surface area contributed by atoms with Crippen LogP contribution in [0.15, 0.2) is 121 Å². The van der Waals surface area contributed by atoms with Crippen molar-refractivity contribution in [2.75, 3.05) is 13.2 Å². The third-order valence-corrected chi connectivity index (χ3v) is 16.0. The minimum absolute atomic E-state index is 0.371. The SMILES string of the molecule is CCCCCCCC1CCC(CCCOc2ccc(C(=O)Oc3ccc4ccccc4c3-c3c(OC(=O)c4ccc(OCCCC5CCC(CCCCCCC)CC5)cc4)ccc4ccccc34)cc2)CC1. The molecule has 0 aliphatic heterocycles. The molecule has 0 N–H and O–H groups in total. The fraction of sp³-hybridized carbons (Fsp3) is 0.485. The number of benzene rings is 6. The smallest absolute Gasteiger partial charge is 0.343 e. The third-order valence-electron chi connectivity index (χ3n) is 16.0. The predicted molar refractivity (Wildman–Crippen MR) is 297 cm³/mol. The van der Waals surface area contributed by atoms with Crippen LogP contribution in [0.3, 0.4) is 0 Å². The van der Waals surface area contributed by atoms with Crippen LogP contribution >= 0.6 is 0 Å². The van der Waals surface area contributed by atoms with Crippen molar-refractivity contribution in [3.63, 3.8) is 0 Å². The van der Waals surface area contributed by atoms with Crippen molar-refractivity contribution in [1.82, 2.24) is 0 Å². The van der Waals surface area contributed by atoms with Crippen LogP contribution in [0, 0.1) is 23.7 Å². The van der Waals surface area contributed by atoms with Gasteiger partial charge in [-0.3, -0.25) is 0 Å². The third kappa shape index (κ3) is 15.2. The second-order valence-electron chi connectivity index (χ2n) is 21.3. The molecule has 72 heavy (non-hydrogen) atoms. The Morgan fingerprint density at radius 1 is 0.389 bits per heavy atom. The summed E-state index contributed by atoms with van der Waals surface area (Å²) in [6, 6.07) is 38.1. The van der Waals surface area contributed by atoms with Crippen LogP contribution in [0.25, 0.3) is 32.7 Å². The Labute approximate surface area is 431 Å². The van der Waals surface area contributed by atoms with Gasteiger partial charge in [-0.05, 0) is 132 Å². The quantitative estimate of drug-likeness (QED) is 0.0291. The van der Waals surface area contributed by atoms with E-state index < -0.39 is 11.9 Å². The molecule has 0 aromatic heterocycles. The molecule has 0 heterocycles. The average Bonchev–Trinajstić information content (AvgIpc) is 3.42. The Balaban J connectivity index is 0.867. The van der Waals surface area contributed by atoms with Gasteiger partial charge in [0.05, 0.1) is 24.3 Å². The first-order valence-corrected chi connectivity index (χ1v) is 28.4. The molecule has 0 unspecified atom stereocenters. The zero-order valence-electron chi connectivity index (χ0n) is 43.7. The number of carbonyl (C=O) groups is 2. The summed E-state index contributed by atoms with van der Waals surface area (Å²) in [5.74, 6) is 4.75. The molecule has 0 saturated heterocycles. The largest absolute Gasteiger partial charge is 0.494 e. The highest BCUT2D eigenvalue weighted by Gasteiger charge is 2.25. The number of rotatable bonds is 27. The van der Waals surface area contributed by atoms with Crippen molar-refractivity contribution in [2.45, 2.75) is 168 Å². The van der Waals surface area contributed by atoms with E-state index in [4.69, 9.17) is 18.9 Å². The molecule has 6 aromatic rings. The van der Waals surface area contributed by atoms with Gasteiger partial charge >= 0.3 is 11.9 Å². The lowest BCUT2D eigenvalue weighted by atomic mass is 9.78. The van der Waals surface area contributed by atoms with E-state index >= 15 is 0 Å². The Morgan fingerprint density at radius 3 is 1.11 bits per heavy atom. The molecular formula is C66H82O6. The van der Waals surface area contributed by atoms with Crippen molar-refractivity contribution in [3.8, 4) is 34.1 Å². The van der Waals surface area contributed by atoms with Gasteiger partial charge in [-0.1, -0.05) is 203 Å². The summed E-state index contributed by atoms with van der Waals surface area (Å²) >= 11 is 0. The lowest BCUT2D eigenvalue weighted by Gasteiger charge is -2.28. The number of hydrogen-bond acceptors (Lipinski definition) is 6. The monoisotopic (exact) mass is 971 g/mol. The zero-order chi connectivity index (χ0) is 49.7. The predicted octanol–water partition coefficient (Wildman–Crippen LogP) is 18.8. The van der Waals surface area contributed by atoms with E-state index in [9.17, 15) is 9.59 Å². The fourth-order valence-electron chi connectivity index (χ4n) is 11.7. The summed E-state index contributed by atoms with van der Waals surface area (Å²) in [7, 11) is 0. The van der Waals surface area contributed by atoms with Gasteiger partial charge in [0.25, 0.3) is 0 Å².